The van der Waals surface area contributed by atoms with Crippen LogP contribution in [-0.4, -0.2) is 29.2 Å². The molecule has 1 aliphatic heterocycles. The number of nitrogens with zero attached hydrogens (tertiary/aromatic N) is 1. The van der Waals surface area contributed by atoms with Crippen LogP contribution in [0, 0.1) is 0 Å². The van der Waals surface area contributed by atoms with E-state index in [2.05, 4.69) is 15.9 Å². The minimum Gasteiger partial charge on any atom is -0.301 e. The Bertz CT molecular complexity index is 571. The summed E-state index contributed by atoms with van der Waals surface area (Å²) in [5, 5.41) is 0.145. The van der Waals surface area contributed by atoms with Crippen LogP contribution in [0.1, 0.15) is 22.8 Å². The van der Waals surface area contributed by atoms with Crippen LogP contribution in [0.2, 0.25) is 0 Å². The summed E-state index contributed by atoms with van der Waals surface area (Å²) in [6.07, 6.45) is -4.60. The van der Waals surface area contributed by atoms with Gasteiger partial charge in [-0.15, -0.1) is 0 Å². The molecular formula is C13H11BrF3NO2. The third kappa shape index (κ3) is 2.59. The molecule has 0 spiro atoms. The lowest BCUT2D eigenvalue weighted by Crippen LogP contribution is -2.44. The number of alkyl halides is 4. The molecular weight excluding hydrogens is 339 g/mol. The zero-order valence-electron chi connectivity index (χ0n) is 10.5. The number of rotatable bonds is 2. The smallest absolute Gasteiger partial charge is 0.301 e. The summed E-state index contributed by atoms with van der Waals surface area (Å²) in [6, 6.07) is 3.82. The summed E-state index contributed by atoms with van der Waals surface area (Å²) in [7, 11) is 0. The molecule has 20 heavy (non-hydrogen) atoms. The molecule has 7 heteroatoms. The monoisotopic (exact) mass is 349 g/mol. The van der Waals surface area contributed by atoms with E-state index in [0.717, 1.165) is 4.90 Å². The van der Waals surface area contributed by atoms with Gasteiger partial charge in [0.25, 0.3) is 0 Å². The first kappa shape index (κ1) is 15.0. The van der Waals surface area contributed by atoms with Crippen molar-refractivity contribution >= 4 is 33.3 Å². The fourth-order valence-electron chi connectivity index (χ4n) is 2.33. The van der Waals surface area contributed by atoms with Gasteiger partial charge < -0.3 is 4.90 Å². The van der Waals surface area contributed by atoms with Crippen molar-refractivity contribution in [1.29, 1.82) is 0 Å². The van der Waals surface area contributed by atoms with E-state index in [0.29, 0.717) is 17.5 Å². The van der Waals surface area contributed by atoms with Crippen molar-refractivity contribution < 1.29 is 22.8 Å². The maximum Gasteiger partial charge on any atom is 0.471 e. The van der Waals surface area contributed by atoms with Crippen LogP contribution in [0.15, 0.2) is 18.2 Å². The third-order valence-electron chi connectivity index (χ3n) is 3.20. The standard InChI is InChI=1S/C13H11BrF3NO2/c1-7-4-9-5-8(11(19)6-14)2-3-10(9)18(7)12(20)13(15,16)17/h2-3,5,7H,4,6H2,1H3. The van der Waals surface area contributed by atoms with E-state index in [1.807, 2.05) is 0 Å². The lowest BCUT2D eigenvalue weighted by Gasteiger charge is -2.23. The Morgan fingerprint density at radius 2 is 2.05 bits per heavy atom. The molecule has 0 aliphatic carbocycles. The Hall–Kier alpha value is -1.37. The molecule has 1 aliphatic rings. The van der Waals surface area contributed by atoms with Crippen LogP contribution >= 0.6 is 15.9 Å². The molecule has 1 heterocycles. The largest absolute Gasteiger partial charge is 0.471 e. The number of fused-ring (bicyclic) bond motifs is 1. The van der Waals surface area contributed by atoms with Gasteiger partial charge in [-0.05, 0) is 37.1 Å². The van der Waals surface area contributed by atoms with Gasteiger partial charge >= 0.3 is 12.1 Å². The SMILES string of the molecule is CC1Cc2cc(C(=O)CBr)ccc2N1C(=O)C(F)(F)F. The number of benzene rings is 1. The third-order valence-corrected chi connectivity index (χ3v) is 3.71. The number of hydrogen-bond donors (Lipinski definition) is 0. The van der Waals surface area contributed by atoms with Crippen molar-refractivity contribution in [3.8, 4) is 0 Å². The van der Waals surface area contributed by atoms with Crippen molar-refractivity contribution in [3.63, 3.8) is 0 Å². The van der Waals surface area contributed by atoms with E-state index >= 15 is 0 Å². The predicted octanol–water partition coefficient (Wildman–Crippen LogP) is 3.10. The van der Waals surface area contributed by atoms with E-state index in [1.54, 1.807) is 13.0 Å². The Labute approximate surface area is 121 Å². The fraction of sp³-hybridized carbons (Fsp3) is 0.385. The molecule has 0 bridgehead atoms. The fourth-order valence-corrected chi connectivity index (χ4v) is 2.65. The lowest BCUT2D eigenvalue weighted by molar-refractivity contribution is -0.170. The number of carbonyl (C=O) groups excluding carboxylic acids is 2. The molecule has 108 valence electrons. The predicted molar refractivity (Wildman–Crippen MR) is 71.3 cm³/mol. The van der Waals surface area contributed by atoms with Gasteiger partial charge in [0.05, 0.1) is 5.33 Å². The molecule has 0 radical (unpaired) electrons. The number of ketones is 1. The molecule has 1 atom stereocenters. The summed E-state index contributed by atoms with van der Waals surface area (Å²) in [6.45, 7) is 1.55. The minimum atomic E-state index is -4.90. The van der Waals surface area contributed by atoms with Crippen molar-refractivity contribution in [2.45, 2.75) is 25.6 Å². The van der Waals surface area contributed by atoms with Gasteiger partial charge in [-0.3, -0.25) is 9.59 Å². The van der Waals surface area contributed by atoms with Gasteiger partial charge in [0.1, 0.15) is 0 Å². The van der Waals surface area contributed by atoms with Gasteiger partial charge in [-0.25, -0.2) is 0 Å². The maximum absolute atomic E-state index is 12.6. The Balaban J connectivity index is 2.40. The molecule has 0 saturated carbocycles. The van der Waals surface area contributed by atoms with Crippen molar-refractivity contribution in [2.24, 2.45) is 0 Å². The number of carbonyl (C=O) groups is 2. The molecule has 3 nitrogen and oxygen atoms in total. The Morgan fingerprint density at radius 1 is 1.40 bits per heavy atom. The zero-order chi connectivity index (χ0) is 15.1. The van der Waals surface area contributed by atoms with Gasteiger partial charge in [0.2, 0.25) is 0 Å². The van der Waals surface area contributed by atoms with Crippen LogP contribution < -0.4 is 4.90 Å². The first-order chi connectivity index (χ1) is 9.25. The summed E-state index contributed by atoms with van der Waals surface area (Å²) in [4.78, 5) is 23.8. The van der Waals surface area contributed by atoms with Crippen molar-refractivity contribution in [3.05, 3.63) is 29.3 Å². The molecule has 2 rings (SSSR count). The average molecular weight is 350 g/mol. The highest BCUT2D eigenvalue weighted by Crippen LogP contribution is 2.36. The van der Waals surface area contributed by atoms with E-state index in [4.69, 9.17) is 0 Å². The first-order valence-electron chi connectivity index (χ1n) is 5.88. The highest BCUT2D eigenvalue weighted by molar-refractivity contribution is 9.09. The molecule has 0 aromatic heterocycles. The normalized spacial score (nSPS) is 18.1. The second kappa shape index (κ2) is 5.20. The van der Waals surface area contributed by atoms with E-state index in [9.17, 15) is 22.8 Å². The molecule has 0 saturated heterocycles. The zero-order valence-corrected chi connectivity index (χ0v) is 12.1. The minimum absolute atomic E-state index is 0.145. The molecule has 1 amide bonds. The van der Waals surface area contributed by atoms with Gasteiger partial charge in [-0.1, -0.05) is 15.9 Å². The van der Waals surface area contributed by atoms with Crippen LogP contribution in [0.25, 0.3) is 0 Å². The van der Waals surface area contributed by atoms with Crippen LogP contribution in [0.4, 0.5) is 18.9 Å². The highest BCUT2D eigenvalue weighted by atomic mass is 79.9. The molecule has 0 fully saturated rings. The van der Waals surface area contributed by atoms with Crippen LogP contribution in [0.5, 0.6) is 0 Å². The van der Waals surface area contributed by atoms with E-state index in [1.165, 1.54) is 12.1 Å². The van der Waals surface area contributed by atoms with E-state index < -0.39 is 18.1 Å². The van der Waals surface area contributed by atoms with Crippen molar-refractivity contribution in [2.75, 3.05) is 10.2 Å². The second-order valence-electron chi connectivity index (χ2n) is 4.63. The second-order valence-corrected chi connectivity index (χ2v) is 5.19. The molecule has 0 N–H and O–H groups in total. The number of Topliss-reactive ketones (excluding diaryl/α,β-unsaturated/α-hetero) is 1. The van der Waals surface area contributed by atoms with Crippen LogP contribution in [-0.2, 0) is 11.2 Å². The van der Waals surface area contributed by atoms with Crippen molar-refractivity contribution in [1.82, 2.24) is 0 Å². The Morgan fingerprint density at radius 3 is 2.60 bits per heavy atom. The first-order valence-corrected chi connectivity index (χ1v) is 7.00. The molecule has 1 aromatic rings. The summed E-state index contributed by atoms with van der Waals surface area (Å²) < 4.78 is 37.7. The van der Waals surface area contributed by atoms with Gasteiger partial charge in [0.15, 0.2) is 5.78 Å². The number of anilines is 1. The van der Waals surface area contributed by atoms with E-state index in [-0.39, 0.29) is 16.8 Å². The maximum atomic E-state index is 12.6. The summed E-state index contributed by atoms with van der Waals surface area (Å²) >= 11 is 3.04. The van der Waals surface area contributed by atoms with Crippen LogP contribution in [0.3, 0.4) is 0 Å². The van der Waals surface area contributed by atoms with Gasteiger partial charge in [-0.2, -0.15) is 13.2 Å². The average Bonchev–Trinajstić information content (AvgIpc) is 2.70. The Kier molecular flexibility index (Phi) is 3.90. The number of halogens is 4. The summed E-state index contributed by atoms with van der Waals surface area (Å²) in [5.74, 6) is -2.02. The topological polar surface area (TPSA) is 37.4 Å². The number of amides is 1. The quantitative estimate of drug-likeness (QED) is 0.607. The van der Waals surface area contributed by atoms with Gasteiger partial charge in [0, 0.05) is 17.3 Å². The number of hydrogen-bond acceptors (Lipinski definition) is 2. The molecule has 1 aromatic carbocycles. The summed E-state index contributed by atoms with van der Waals surface area (Å²) in [5.41, 5.74) is 1.24. The highest BCUT2D eigenvalue weighted by Gasteiger charge is 2.46. The lowest BCUT2D eigenvalue weighted by atomic mass is 10.1. The molecule has 1 unspecified atom stereocenters.